The molecule has 2 unspecified atom stereocenters. The quantitative estimate of drug-likeness (QED) is 0.807. The number of nitrogens with zero attached hydrogens (tertiary/aromatic N) is 1. The van der Waals surface area contributed by atoms with Gasteiger partial charge in [0.25, 0.3) is 0 Å². The lowest BCUT2D eigenvalue weighted by molar-refractivity contribution is 0.0526. The number of hydrogen-bond acceptors (Lipinski definition) is 5. The second kappa shape index (κ2) is 7.24. The van der Waals surface area contributed by atoms with Crippen LogP contribution in [0.2, 0.25) is 0 Å². The summed E-state index contributed by atoms with van der Waals surface area (Å²) in [7, 11) is 0. The largest absolute Gasteiger partial charge is 0.462 e. The first-order chi connectivity index (χ1) is 9.70. The van der Waals surface area contributed by atoms with E-state index in [4.69, 9.17) is 4.74 Å². The van der Waals surface area contributed by atoms with Gasteiger partial charge in [0.15, 0.2) is 0 Å². The molecule has 0 bridgehead atoms. The third-order valence-electron chi connectivity index (χ3n) is 3.69. The van der Waals surface area contributed by atoms with Crippen LogP contribution in [0.25, 0.3) is 0 Å². The second-order valence-corrected chi connectivity index (χ2v) is 5.19. The van der Waals surface area contributed by atoms with Crippen LogP contribution in [0.1, 0.15) is 37.0 Å². The molecule has 0 radical (unpaired) electrons. The predicted octanol–water partition coefficient (Wildman–Crippen LogP) is 2.06. The van der Waals surface area contributed by atoms with E-state index in [1.54, 1.807) is 19.2 Å². The molecular formula is C15H23N3O2. The molecule has 2 rings (SSSR count). The van der Waals surface area contributed by atoms with Crippen molar-refractivity contribution in [2.45, 2.75) is 32.7 Å². The van der Waals surface area contributed by atoms with Gasteiger partial charge in [0.2, 0.25) is 0 Å². The summed E-state index contributed by atoms with van der Waals surface area (Å²) in [6.45, 7) is 6.52. The van der Waals surface area contributed by atoms with Crippen molar-refractivity contribution in [1.29, 1.82) is 0 Å². The number of esters is 1. The van der Waals surface area contributed by atoms with Gasteiger partial charge in [-0.2, -0.15) is 0 Å². The third-order valence-corrected chi connectivity index (χ3v) is 3.69. The van der Waals surface area contributed by atoms with Gasteiger partial charge in [-0.3, -0.25) is 0 Å². The van der Waals surface area contributed by atoms with Gasteiger partial charge < -0.3 is 15.4 Å². The molecule has 2 atom stereocenters. The number of rotatable bonds is 5. The minimum Gasteiger partial charge on any atom is -0.462 e. The van der Waals surface area contributed by atoms with E-state index < -0.39 is 0 Å². The highest BCUT2D eigenvalue weighted by atomic mass is 16.5. The van der Waals surface area contributed by atoms with E-state index >= 15 is 0 Å². The molecule has 0 saturated carbocycles. The molecule has 0 amide bonds. The standard InChI is InChI=1S/C15H23N3O2/c1-3-20-15(19)13-6-7-14(17-10-13)18-11(2)12-5-4-8-16-9-12/h6-7,10-12,16H,3-5,8-9H2,1-2H3,(H,17,18). The summed E-state index contributed by atoms with van der Waals surface area (Å²) in [5.74, 6) is 1.10. The van der Waals surface area contributed by atoms with Crippen LogP contribution in [0.3, 0.4) is 0 Å². The lowest BCUT2D eigenvalue weighted by Crippen LogP contribution is -2.38. The molecular weight excluding hydrogens is 254 g/mol. The molecule has 1 aliphatic rings. The minimum absolute atomic E-state index is 0.323. The van der Waals surface area contributed by atoms with E-state index in [1.165, 1.54) is 12.8 Å². The first-order valence-corrected chi connectivity index (χ1v) is 7.31. The number of pyridine rings is 1. The highest BCUT2D eigenvalue weighted by Gasteiger charge is 2.19. The fraction of sp³-hybridized carbons (Fsp3) is 0.600. The Hall–Kier alpha value is -1.62. The molecule has 5 nitrogen and oxygen atoms in total. The number of piperidine rings is 1. The van der Waals surface area contributed by atoms with E-state index in [2.05, 4.69) is 22.5 Å². The van der Waals surface area contributed by atoms with Crippen molar-refractivity contribution >= 4 is 11.8 Å². The Labute approximate surface area is 120 Å². The zero-order chi connectivity index (χ0) is 14.4. The minimum atomic E-state index is -0.323. The molecule has 5 heteroatoms. The van der Waals surface area contributed by atoms with Crippen molar-refractivity contribution < 1.29 is 9.53 Å². The van der Waals surface area contributed by atoms with Crippen molar-refractivity contribution in [1.82, 2.24) is 10.3 Å². The van der Waals surface area contributed by atoms with E-state index in [-0.39, 0.29) is 5.97 Å². The molecule has 2 N–H and O–H groups in total. The van der Waals surface area contributed by atoms with E-state index in [0.717, 1.165) is 18.9 Å². The average Bonchev–Trinajstić information content (AvgIpc) is 2.49. The maximum absolute atomic E-state index is 11.5. The number of carbonyl (C=O) groups excluding carboxylic acids is 1. The predicted molar refractivity (Wildman–Crippen MR) is 78.9 cm³/mol. The highest BCUT2D eigenvalue weighted by molar-refractivity contribution is 5.89. The van der Waals surface area contributed by atoms with Gasteiger partial charge in [-0.25, -0.2) is 9.78 Å². The number of anilines is 1. The summed E-state index contributed by atoms with van der Waals surface area (Å²) in [5, 5.41) is 6.82. The Morgan fingerprint density at radius 2 is 2.45 bits per heavy atom. The smallest absolute Gasteiger partial charge is 0.339 e. The number of hydrogen-bond donors (Lipinski definition) is 2. The normalized spacial score (nSPS) is 20.2. The Balaban J connectivity index is 1.91. The summed E-state index contributed by atoms with van der Waals surface area (Å²) in [6, 6.07) is 3.95. The lowest BCUT2D eigenvalue weighted by Gasteiger charge is -2.29. The van der Waals surface area contributed by atoms with Gasteiger partial charge in [-0.15, -0.1) is 0 Å². The van der Waals surface area contributed by atoms with E-state index in [0.29, 0.717) is 24.1 Å². The van der Waals surface area contributed by atoms with Crippen LogP contribution in [0.5, 0.6) is 0 Å². The van der Waals surface area contributed by atoms with Gasteiger partial charge in [-0.05, 0) is 57.8 Å². The second-order valence-electron chi connectivity index (χ2n) is 5.19. The molecule has 1 aromatic heterocycles. The molecule has 0 aromatic carbocycles. The molecule has 2 heterocycles. The number of carbonyl (C=O) groups is 1. The van der Waals surface area contributed by atoms with E-state index in [9.17, 15) is 4.79 Å². The Morgan fingerprint density at radius 1 is 1.60 bits per heavy atom. The van der Waals surface area contributed by atoms with Crippen LogP contribution in [0.15, 0.2) is 18.3 Å². The molecule has 0 aliphatic carbocycles. The Bertz CT molecular complexity index is 427. The van der Waals surface area contributed by atoms with Gasteiger partial charge in [0.1, 0.15) is 5.82 Å². The van der Waals surface area contributed by atoms with Crippen molar-refractivity contribution in [2.75, 3.05) is 25.0 Å². The average molecular weight is 277 g/mol. The Morgan fingerprint density at radius 3 is 3.05 bits per heavy atom. The van der Waals surface area contributed by atoms with Gasteiger partial charge in [-0.1, -0.05) is 0 Å². The summed E-state index contributed by atoms with van der Waals surface area (Å²) in [4.78, 5) is 15.8. The summed E-state index contributed by atoms with van der Waals surface area (Å²) in [5.41, 5.74) is 0.490. The fourth-order valence-electron chi connectivity index (χ4n) is 2.47. The zero-order valence-electron chi connectivity index (χ0n) is 12.2. The van der Waals surface area contributed by atoms with Gasteiger partial charge in [0, 0.05) is 12.2 Å². The SMILES string of the molecule is CCOC(=O)c1ccc(NC(C)C2CCCNC2)nc1. The summed E-state index contributed by atoms with van der Waals surface area (Å²) < 4.78 is 4.94. The van der Waals surface area contributed by atoms with Crippen LogP contribution in [0.4, 0.5) is 5.82 Å². The molecule has 1 fully saturated rings. The first kappa shape index (κ1) is 14.8. The van der Waals surface area contributed by atoms with Crippen LogP contribution < -0.4 is 10.6 Å². The number of ether oxygens (including phenoxy) is 1. The van der Waals surface area contributed by atoms with Crippen LogP contribution in [-0.4, -0.2) is 36.7 Å². The maximum atomic E-state index is 11.5. The molecule has 0 spiro atoms. The van der Waals surface area contributed by atoms with Crippen molar-refractivity contribution in [2.24, 2.45) is 5.92 Å². The fourth-order valence-corrected chi connectivity index (χ4v) is 2.47. The van der Waals surface area contributed by atoms with Gasteiger partial charge >= 0.3 is 5.97 Å². The number of aromatic nitrogens is 1. The van der Waals surface area contributed by atoms with Crippen LogP contribution in [0, 0.1) is 5.92 Å². The Kier molecular flexibility index (Phi) is 5.35. The topological polar surface area (TPSA) is 63.2 Å². The lowest BCUT2D eigenvalue weighted by atomic mass is 9.93. The monoisotopic (exact) mass is 277 g/mol. The summed E-state index contributed by atoms with van der Waals surface area (Å²) in [6.07, 6.45) is 4.03. The maximum Gasteiger partial charge on any atom is 0.339 e. The van der Waals surface area contributed by atoms with Crippen molar-refractivity contribution in [3.8, 4) is 0 Å². The zero-order valence-corrected chi connectivity index (χ0v) is 12.2. The number of nitrogens with one attached hydrogen (secondary N) is 2. The van der Waals surface area contributed by atoms with Crippen molar-refractivity contribution in [3.63, 3.8) is 0 Å². The third kappa shape index (κ3) is 3.93. The van der Waals surface area contributed by atoms with E-state index in [1.807, 2.05) is 6.07 Å². The molecule has 1 aliphatic heterocycles. The summed E-state index contributed by atoms with van der Waals surface area (Å²) >= 11 is 0. The van der Waals surface area contributed by atoms with Crippen LogP contribution >= 0.6 is 0 Å². The molecule has 110 valence electrons. The highest BCUT2D eigenvalue weighted by Crippen LogP contribution is 2.17. The molecule has 1 aromatic rings. The molecule has 1 saturated heterocycles. The first-order valence-electron chi connectivity index (χ1n) is 7.31. The molecule has 20 heavy (non-hydrogen) atoms. The van der Waals surface area contributed by atoms with Crippen LogP contribution in [-0.2, 0) is 4.74 Å². The van der Waals surface area contributed by atoms with Crippen molar-refractivity contribution in [3.05, 3.63) is 23.9 Å². The van der Waals surface area contributed by atoms with Gasteiger partial charge in [0.05, 0.1) is 12.2 Å².